The average Bonchev–Trinajstić information content (AvgIpc) is 2.63. The number of carbonyl (C=O) groups is 1. The van der Waals surface area contributed by atoms with E-state index in [1.807, 2.05) is 0 Å². The summed E-state index contributed by atoms with van der Waals surface area (Å²) in [6.07, 6.45) is 2.06. The van der Waals surface area contributed by atoms with Crippen LogP contribution >= 0.6 is 0 Å². The summed E-state index contributed by atoms with van der Waals surface area (Å²) in [6.45, 7) is 8.09. The van der Waals surface area contributed by atoms with E-state index < -0.39 is 5.97 Å². The van der Waals surface area contributed by atoms with Crippen molar-refractivity contribution < 1.29 is 9.90 Å². The van der Waals surface area contributed by atoms with Crippen molar-refractivity contribution in [3.63, 3.8) is 0 Å². The van der Waals surface area contributed by atoms with Crippen molar-refractivity contribution in [1.82, 2.24) is 9.80 Å². The predicted molar refractivity (Wildman–Crippen MR) is 67.0 cm³/mol. The van der Waals surface area contributed by atoms with Crippen LogP contribution in [0.4, 0.5) is 0 Å². The zero-order valence-electron chi connectivity index (χ0n) is 11.1. The number of carboxylic acid groups (broad SMARTS) is 1. The highest BCUT2D eigenvalue weighted by atomic mass is 16.4. The van der Waals surface area contributed by atoms with Gasteiger partial charge in [-0.05, 0) is 46.8 Å². The van der Waals surface area contributed by atoms with Crippen molar-refractivity contribution >= 4 is 5.97 Å². The number of hydrogen-bond acceptors (Lipinski definition) is 3. The van der Waals surface area contributed by atoms with Crippen molar-refractivity contribution in [2.24, 2.45) is 11.3 Å². The summed E-state index contributed by atoms with van der Waals surface area (Å²) in [5.41, 5.74) is 0.0304. The summed E-state index contributed by atoms with van der Waals surface area (Å²) in [5, 5.41) is 9.46. The largest absolute Gasteiger partial charge is 0.481 e. The van der Waals surface area contributed by atoms with Gasteiger partial charge in [-0.1, -0.05) is 0 Å². The second kappa shape index (κ2) is 4.58. The highest BCUT2D eigenvalue weighted by Crippen LogP contribution is 2.45. The van der Waals surface area contributed by atoms with E-state index in [1.54, 1.807) is 0 Å². The van der Waals surface area contributed by atoms with Gasteiger partial charge in [0.25, 0.3) is 0 Å². The number of rotatable bonds is 2. The highest BCUT2D eigenvalue weighted by Gasteiger charge is 2.51. The minimum atomic E-state index is -0.599. The molecule has 2 saturated heterocycles. The van der Waals surface area contributed by atoms with E-state index in [-0.39, 0.29) is 11.3 Å². The summed E-state index contributed by atoms with van der Waals surface area (Å²) in [5.74, 6) is -0.767. The standard InChI is InChI=1S/C13H24N2O2/c1-10(2)15-8-11(12(16)17)13(9-15)4-6-14(3)7-5-13/h10-11H,4-9H2,1-3H3,(H,16,17). The predicted octanol–water partition coefficient (Wildman–Crippen LogP) is 1.12. The van der Waals surface area contributed by atoms with Gasteiger partial charge in [-0.15, -0.1) is 0 Å². The van der Waals surface area contributed by atoms with Crippen molar-refractivity contribution in [2.45, 2.75) is 32.7 Å². The first-order valence-electron chi connectivity index (χ1n) is 6.60. The molecule has 2 fully saturated rings. The molecule has 2 rings (SSSR count). The van der Waals surface area contributed by atoms with Gasteiger partial charge >= 0.3 is 5.97 Å². The fourth-order valence-electron chi connectivity index (χ4n) is 3.31. The maximum absolute atomic E-state index is 11.5. The summed E-state index contributed by atoms with van der Waals surface area (Å²) in [7, 11) is 2.12. The number of carboxylic acids is 1. The Kier molecular flexibility index (Phi) is 3.46. The molecule has 0 saturated carbocycles. The van der Waals surface area contributed by atoms with E-state index >= 15 is 0 Å². The number of likely N-dealkylation sites (tertiary alicyclic amines) is 2. The van der Waals surface area contributed by atoms with E-state index in [9.17, 15) is 9.90 Å². The smallest absolute Gasteiger partial charge is 0.308 e. The summed E-state index contributed by atoms with van der Waals surface area (Å²) in [4.78, 5) is 16.1. The lowest BCUT2D eigenvalue weighted by atomic mass is 9.71. The van der Waals surface area contributed by atoms with Crippen LogP contribution in [0.25, 0.3) is 0 Å². The Hall–Kier alpha value is -0.610. The quantitative estimate of drug-likeness (QED) is 0.785. The minimum Gasteiger partial charge on any atom is -0.481 e. The number of nitrogens with zero attached hydrogens (tertiary/aromatic N) is 2. The van der Waals surface area contributed by atoms with Gasteiger partial charge < -0.3 is 10.0 Å². The number of hydrogen-bond donors (Lipinski definition) is 1. The van der Waals surface area contributed by atoms with E-state index in [4.69, 9.17) is 0 Å². The van der Waals surface area contributed by atoms with Crippen LogP contribution < -0.4 is 0 Å². The molecule has 0 aliphatic carbocycles. The van der Waals surface area contributed by atoms with E-state index in [2.05, 4.69) is 30.7 Å². The molecular formula is C13H24N2O2. The van der Waals surface area contributed by atoms with Crippen LogP contribution in [0.2, 0.25) is 0 Å². The Labute approximate surface area is 104 Å². The molecule has 1 spiro atoms. The number of aliphatic carboxylic acids is 1. The Morgan fingerprint density at radius 2 is 1.94 bits per heavy atom. The van der Waals surface area contributed by atoms with Crippen LogP contribution in [0, 0.1) is 11.3 Å². The third-order valence-corrected chi connectivity index (χ3v) is 4.69. The molecule has 2 aliphatic rings. The monoisotopic (exact) mass is 240 g/mol. The van der Waals surface area contributed by atoms with Crippen LogP contribution in [-0.4, -0.2) is 60.1 Å². The molecule has 2 aliphatic heterocycles. The minimum absolute atomic E-state index is 0.0304. The van der Waals surface area contributed by atoms with E-state index in [1.165, 1.54) is 0 Å². The zero-order valence-corrected chi connectivity index (χ0v) is 11.1. The molecule has 1 unspecified atom stereocenters. The maximum atomic E-state index is 11.5. The zero-order chi connectivity index (χ0) is 12.6. The first-order valence-corrected chi connectivity index (χ1v) is 6.60. The molecule has 0 bridgehead atoms. The first kappa shape index (κ1) is 12.8. The Balaban J connectivity index is 2.16. The summed E-state index contributed by atoms with van der Waals surface area (Å²) < 4.78 is 0. The SMILES string of the molecule is CC(C)N1CC(C(=O)O)C2(CCN(C)CC2)C1. The second-order valence-corrected chi connectivity index (χ2v) is 6.08. The van der Waals surface area contributed by atoms with Crippen molar-refractivity contribution in [3.8, 4) is 0 Å². The van der Waals surface area contributed by atoms with E-state index in [0.717, 1.165) is 39.0 Å². The summed E-state index contributed by atoms with van der Waals surface area (Å²) in [6, 6.07) is 0.455. The lowest BCUT2D eigenvalue weighted by Crippen LogP contribution is -2.45. The molecule has 4 nitrogen and oxygen atoms in total. The molecule has 2 heterocycles. The molecule has 4 heteroatoms. The topological polar surface area (TPSA) is 43.8 Å². The van der Waals surface area contributed by atoms with Gasteiger partial charge in [-0.3, -0.25) is 9.69 Å². The van der Waals surface area contributed by atoms with Crippen LogP contribution in [0.3, 0.4) is 0 Å². The fourth-order valence-corrected chi connectivity index (χ4v) is 3.31. The van der Waals surface area contributed by atoms with Gasteiger partial charge in [0.05, 0.1) is 5.92 Å². The highest BCUT2D eigenvalue weighted by molar-refractivity contribution is 5.72. The molecule has 0 aromatic heterocycles. The Morgan fingerprint density at radius 3 is 2.41 bits per heavy atom. The molecule has 0 aromatic carbocycles. The second-order valence-electron chi connectivity index (χ2n) is 6.08. The molecule has 17 heavy (non-hydrogen) atoms. The molecule has 0 amide bonds. The van der Waals surface area contributed by atoms with Crippen LogP contribution in [0.1, 0.15) is 26.7 Å². The normalized spacial score (nSPS) is 30.2. The lowest BCUT2D eigenvalue weighted by molar-refractivity contribution is -0.145. The Bertz CT molecular complexity index is 296. The molecule has 0 aromatic rings. The number of piperidine rings is 1. The van der Waals surface area contributed by atoms with E-state index in [0.29, 0.717) is 6.04 Å². The molecule has 1 atom stereocenters. The maximum Gasteiger partial charge on any atom is 0.308 e. The van der Waals surface area contributed by atoms with Crippen LogP contribution in [0.5, 0.6) is 0 Å². The van der Waals surface area contributed by atoms with Gasteiger partial charge in [0.15, 0.2) is 0 Å². The third-order valence-electron chi connectivity index (χ3n) is 4.69. The van der Waals surface area contributed by atoms with Crippen molar-refractivity contribution in [2.75, 3.05) is 33.2 Å². The van der Waals surface area contributed by atoms with Gasteiger partial charge in [0.2, 0.25) is 0 Å². The van der Waals surface area contributed by atoms with Gasteiger partial charge in [-0.2, -0.15) is 0 Å². The third kappa shape index (κ3) is 2.33. The molecule has 1 N–H and O–H groups in total. The van der Waals surface area contributed by atoms with Crippen LogP contribution in [0.15, 0.2) is 0 Å². The lowest BCUT2D eigenvalue weighted by Gasteiger charge is -2.40. The van der Waals surface area contributed by atoms with Gasteiger partial charge in [-0.25, -0.2) is 0 Å². The molecule has 0 radical (unpaired) electrons. The Morgan fingerprint density at radius 1 is 1.35 bits per heavy atom. The van der Waals surface area contributed by atoms with Crippen molar-refractivity contribution in [1.29, 1.82) is 0 Å². The average molecular weight is 240 g/mol. The van der Waals surface area contributed by atoms with Gasteiger partial charge in [0.1, 0.15) is 0 Å². The molecule has 98 valence electrons. The fraction of sp³-hybridized carbons (Fsp3) is 0.923. The first-order chi connectivity index (χ1) is 7.94. The van der Waals surface area contributed by atoms with Gasteiger partial charge in [0, 0.05) is 24.5 Å². The van der Waals surface area contributed by atoms with Crippen molar-refractivity contribution in [3.05, 3.63) is 0 Å². The summed E-state index contributed by atoms with van der Waals surface area (Å²) >= 11 is 0. The molecular weight excluding hydrogens is 216 g/mol. The van der Waals surface area contributed by atoms with Crippen LogP contribution in [-0.2, 0) is 4.79 Å².